The number of rotatable bonds is 2. The first-order valence-electron chi connectivity index (χ1n) is 5.90. The molecule has 1 aromatic heterocycles. The van der Waals surface area contributed by atoms with Crippen LogP contribution in [0.15, 0.2) is 0 Å². The van der Waals surface area contributed by atoms with E-state index in [1.165, 1.54) is 0 Å². The van der Waals surface area contributed by atoms with Crippen LogP contribution in [-0.2, 0) is 10.2 Å². The molecule has 1 heterocycles. The average Bonchev–Trinajstić information content (AvgIpc) is 2.50. The van der Waals surface area contributed by atoms with E-state index in [1.807, 2.05) is 18.5 Å². The summed E-state index contributed by atoms with van der Waals surface area (Å²) in [5.41, 5.74) is 2.25. The maximum absolute atomic E-state index is 11.2. The summed E-state index contributed by atoms with van der Waals surface area (Å²) in [6.07, 6.45) is 0.684. The molecule has 1 aromatic rings. The number of Topliss-reactive ketones (excluding diaryl/α,β-unsaturated/α-hetero) is 1. The third-order valence-corrected chi connectivity index (χ3v) is 3.50. The summed E-state index contributed by atoms with van der Waals surface area (Å²) in [4.78, 5) is 11.2. The molecule has 1 aliphatic carbocycles. The largest absolute Gasteiger partial charge is 0.300 e. The number of hydrogen-bond acceptors (Lipinski definition) is 3. The maximum atomic E-state index is 11.2. The molecule has 0 spiro atoms. The number of carbonyl (C=O) groups is 1. The van der Waals surface area contributed by atoms with Gasteiger partial charge in [0, 0.05) is 30.1 Å². The molecule has 0 saturated heterocycles. The van der Waals surface area contributed by atoms with Crippen molar-refractivity contribution in [3.05, 3.63) is 17.0 Å². The van der Waals surface area contributed by atoms with Gasteiger partial charge in [0.25, 0.3) is 0 Å². The van der Waals surface area contributed by atoms with Crippen LogP contribution in [0.5, 0.6) is 0 Å². The van der Waals surface area contributed by atoms with Crippen molar-refractivity contribution in [3.8, 4) is 6.07 Å². The van der Waals surface area contributed by atoms with Gasteiger partial charge in [-0.25, -0.2) is 0 Å². The lowest BCUT2D eigenvalue weighted by atomic mass is 9.64. The third kappa shape index (κ3) is 1.57. The Hall–Kier alpha value is -1.63. The van der Waals surface area contributed by atoms with Crippen LogP contribution in [0.25, 0.3) is 0 Å². The van der Waals surface area contributed by atoms with E-state index in [2.05, 4.69) is 25.0 Å². The van der Waals surface area contributed by atoms with Gasteiger partial charge in [0.15, 0.2) is 0 Å². The van der Waals surface area contributed by atoms with Crippen LogP contribution in [0.1, 0.15) is 49.7 Å². The minimum Gasteiger partial charge on any atom is -0.300 e. The van der Waals surface area contributed by atoms with Gasteiger partial charge in [-0.05, 0) is 27.7 Å². The highest BCUT2D eigenvalue weighted by Gasteiger charge is 2.48. The summed E-state index contributed by atoms with van der Waals surface area (Å²) >= 11 is 0. The van der Waals surface area contributed by atoms with E-state index in [0.29, 0.717) is 12.8 Å². The molecule has 90 valence electrons. The lowest BCUT2D eigenvalue weighted by molar-refractivity contribution is -0.126. The fourth-order valence-corrected chi connectivity index (χ4v) is 2.79. The number of nitrogens with zero attached hydrogens (tertiary/aromatic N) is 3. The number of carbonyl (C=O) groups excluding carboxylic acids is 1. The zero-order chi connectivity index (χ0) is 12.8. The summed E-state index contributed by atoms with van der Waals surface area (Å²) in [5.74, 6) is 0.169. The average molecular weight is 231 g/mol. The molecule has 1 fully saturated rings. The molecule has 0 aromatic carbocycles. The maximum Gasteiger partial charge on any atom is 0.136 e. The topological polar surface area (TPSA) is 58.7 Å². The van der Waals surface area contributed by atoms with Crippen LogP contribution >= 0.6 is 0 Å². The van der Waals surface area contributed by atoms with Crippen molar-refractivity contribution in [2.45, 2.75) is 52.0 Å². The molecule has 17 heavy (non-hydrogen) atoms. The van der Waals surface area contributed by atoms with E-state index in [0.717, 1.165) is 17.0 Å². The van der Waals surface area contributed by atoms with Crippen LogP contribution in [-0.4, -0.2) is 15.6 Å². The number of ketones is 1. The molecule has 0 N–H and O–H groups in total. The molecule has 0 atom stereocenters. The number of aryl methyl sites for hydroxylation is 1. The monoisotopic (exact) mass is 231 g/mol. The molecule has 0 amide bonds. The molecule has 2 rings (SSSR count). The van der Waals surface area contributed by atoms with E-state index in [-0.39, 0.29) is 11.8 Å². The first-order chi connectivity index (χ1) is 7.91. The molecule has 1 saturated carbocycles. The van der Waals surface area contributed by atoms with Crippen molar-refractivity contribution in [2.24, 2.45) is 0 Å². The van der Waals surface area contributed by atoms with Gasteiger partial charge in [-0.1, -0.05) is 0 Å². The third-order valence-electron chi connectivity index (χ3n) is 3.50. The highest BCUT2D eigenvalue weighted by atomic mass is 16.1. The van der Waals surface area contributed by atoms with Gasteiger partial charge in [-0.2, -0.15) is 10.4 Å². The molecular formula is C13H17N3O. The Morgan fingerprint density at radius 2 is 2.00 bits per heavy atom. The summed E-state index contributed by atoms with van der Waals surface area (Å²) in [6, 6.07) is 2.59. The van der Waals surface area contributed by atoms with Crippen molar-refractivity contribution < 1.29 is 4.79 Å². The number of hydrogen-bond donors (Lipinski definition) is 0. The molecular weight excluding hydrogens is 214 g/mol. The minimum absolute atomic E-state index is 0.169. The van der Waals surface area contributed by atoms with Crippen molar-refractivity contribution in [1.82, 2.24) is 9.78 Å². The van der Waals surface area contributed by atoms with Crippen LogP contribution in [0, 0.1) is 25.2 Å². The molecule has 0 unspecified atom stereocenters. The molecule has 0 radical (unpaired) electrons. The van der Waals surface area contributed by atoms with Gasteiger partial charge in [-0.15, -0.1) is 0 Å². The smallest absolute Gasteiger partial charge is 0.136 e. The van der Waals surface area contributed by atoms with Gasteiger partial charge in [0.2, 0.25) is 0 Å². The lowest BCUT2D eigenvalue weighted by Gasteiger charge is -2.34. The SMILES string of the molecule is Cc1nn(C(C)C)c(C)c1C1(C#N)CC(=O)C1. The first-order valence-corrected chi connectivity index (χ1v) is 5.90. The van der Waals surface area contributed by atoms with Crippen LogP contribution < -0.4 is 0 Å². The highest BCUT2D eigenvalue weighted by Crippen LogP contribution is 2.43. The minimum atomic E-state index is -0.613. The second-order valence-corrected chi connectivity index (χ2v) is 5.17. The summed E-state index contributed by atoms with van der Waals surface area (Å²) in [7, 11) is 0. The van der Waals surface area contributed by atoms with Crippen molar-refractivity contribution >= 4 is 5.78 Å². The summed E-state index contributed by atoms with van der Waals surface area (Å²) in [5, 5.41) is 13.9. The quantitative estimate of drug-likeness (QED) is 0.784. The first kappa shape index (κ1) is 11.8. The fraction of sp³-hybridized carbons (Fsp3) is 0.615. The second kappa shape index (κ2) is 3.69. The normalized spacial score (nSPS) is 18.0. The Kier molecular flexibility index (Phi) is 2.57. The molecule has 0 aliphatic heterocycles. The van der Waals surface area contributed by atoms with E-state index in [1.54, 1.807) is 0 Å². The van der Waals surface area contributed by atoms with E-state index < -0.39 is 5.41 Å². The van der Waals surface area contributed by atoms with Crippen LogP contribution in [0.3, 0.4) is 0 Å². The van der Waals surface area contributed by atoms with Gasteiger partial charge < -0.3 is 0 Å². The Morgan fingerprint density at radius 1 is 1.41 bits per heavy atom. The van der Waals surface area contributed by atoms with Crippen molar-refractivity contribution in [1.29, 1.82) is 5.26 Å². The zero-order valence-electron chi connectivity index (χ0n) is 10.7. The number of nitriles is 1. The fourth-order valence-electron chi connectivity index (χ4n) is 2.79. The lowest BCUT2D eigenvalue weighted by Crippen LogP contribution is -2.41. The van der Waals surface area contributed by atoms with Crippen molar-refractivity contribution in [3.63, 3.8) is 0 Å². The highest BCUT2D eigenvalue weighted by molar-refractivity contribution is 5.90. The van der Waals surface area contributed by atoms with Crippen molar-refractivity contribution in [2.75, 3.05) is 0 Å². The molecule has 0 bridgehead atoms. The van der Waals surface area contributed by atoms with Crippen LogP contribution in [0.4, 0.5) is 0 Å². The molecule has 4 heteroatoms. The Labute approximate surface area is 101 Å². The molecule has 4 nitrogen and oxygen atoms in total. The van der Waals surface area contributed by atoms with E-state index in [4.69, 9.17) is 0 Å². The predicted molar refractivity (Wildman–Crippen MR) is 63.6 cm³/mol. The summed E-state index contributed by atoms with van der Waals surface area (Å²) in [6.45, 7) is 8.03. The Morgan fingerprint density at radius 3 is 2.35 bits per heavy atom. The standard InChI is InChI=1S/C13H17N3O/c1-8(2)16-10(4)12(9(3)15-16)13(7-14)5-11(17)6-13/h8H,5-6H2,1-4H3. The van der Waals surface area contributed by atoms with Gasteiger partial charge >= 0.3 is 0 Å². The van der Waals surface area contributed by atoms with Crippen LogP contribution in [0.2, 0.25) is 0 Å². The number of aromatic nitrogens is 2. The second-order valence-electron chi connectivity index (χ2n) is 5.17. The van der Waals surface area contributed by atoms with E-state index in [9.17, 15) is 10.1 Å². The molecule has 1 aliphatic rings. The van der Waals surface area contributed by atoms with E-state index >= 15 is 0 Å². The predicted octanol–water partition coefficient (Wildman–Crippen LogP) is 2.21. The summed E-state index contributed by atoms with van der Waals surface area (Å²) < 4.78 is 1.94. The van der Waals surface area contributed by atoms with Gasteiger partial charge in [0.1, 0.15) is 5.78 Å². The van der Waals surface area contributed by atoms with Gasteiger partial charge in [0.05, 0.1) is 17.2 Å². The van der Waals surface area contributed by atoms with Gasteiger partial charge in [-0.3, -0.25) is 9.48 Å². The zero-order valence-corrected chi connectivity index (χ0v) is 10.7. The Bertz CT molecular complexity index is 512. The Balaban J connectivity index is 2.53.